The Morgan fingerprint density at radius 1 is 0.722 bits per heavy atom. The molecule has 2 heterocycles. The van der Waals surface area contributed by atoms with Crippen molar-refractivity contribution in [2.24, 2.45) is 0 Å². The molecule has 0 bridgehead atoms. The molecule has 2 aliphatic rings. The quantitative estimate of drug-likeness (QED) is 0.693. The fourth-order valence-corrected chi connectivity index (χ4v) is 2.81. The summed E-state index contributed by atoms with van der Waals surface area (Å²) in [7, 11) is 0. The first kappa shape index (κ1) is 10.0. The van der Waals surface area contributed by atoms with Gasteiger partial charge in [0.1, 0.15) is 11.5 Å². The largest absolute Gasteiger partial charge is 0.481 e. The van der Waals surface area contributed by atoms with Crippen LogP contribution in [-0.2, 0) is 0 Å². The van der Waals surface area contributed by atoms with Crippen molar-refractivity contribution in [1.29, 1.82) is 0 Å². The molecule has 0 aromatic heterocycles. The van der Waals surface area contributed by atoms with Crippen LogP contribution in [0.5, 0.6) is 11.5 Å². The van der Waals surface area contributed by atoms with E-state index >= 15 is 0 Å². The van der Waals surface area contributed by atoms with Gasteiger partial charge in [-0.3, -0.25) is 0 Å². The van der Waals surface area contributed by atoms with Crippen molar-refractivity contribution in [2.75, 3.05) is 0 Å². The summed E-state index contributed by atoms with van der Waals surface area (Å²) in [6.45, 7) is 4.16. The van der Waals surface area contributed by atoms with Crippen LogP contribution in [0.4, 0.5) is 0 Å². The molecule has 0 radical (unpaired) electrons. The highest BCUT2D eigenvalue weighted by Gasteiger charge is 2.43. The molecule has 2 nitrogen and oxygen atoms in total. The van der Waals surface area contributed by atoms with Crippen molar-refractivity contribution < 1.29 is 9.47 Å². The Hall–Kier alpha value is -1.96. The monoisotopic (exact) mass is 238 g/mol. The van der Waals surface area contributed by atoms with Crippen LogP contribution in [0.2, 0.25) is 0 Å². The number of hydrogen-bond donors (Lipinski definition) is 0. The molecule has 18 heavy (non-hydrogen) atoms. The van der Waals surface area contributed by atoms with E-state index in [1.54, 1.807) is 0 Å². The first-order valence-corrected chi connectivity index (χ1v) is 6.27. The molecule has 2 aromatic rings. The normalized spacial score (nSPS) is 22.8. The second-order valence-electron chi connectivity index (χ2n) is 5.16. The molecule has 0 saturated carbocycles. The average Bonchev–Trinajstić information content (AvgIpc) is 2.83. The van der Waals surface area contributed by atoms with Gasteiger partial charge in [-0.2, -0.15) is 0 Å². The Balaban J connectivity index is 1.82. The minimum absolute atomic E-state index is 0.0254. The Labute approximate surface area is 106 Å². The third kappa shape index (κ3) is 1.23. The summed E-state index contributed by atoms with van der Waals surface area (Å²) in [5.74, 6) is 1.94. The lowest BCUT2D eigenvalue weighted by Crippen LogP contribution is -2.06. The molecule has 2 unspecified atom stereocenters. The van der Waals surface area contributed by atoms with Gasteiger partial charge in [0.15, 0.2) is 12.2 Å². The summed E-state index contributed by atoms with van der Waals surface area (Å²) in [5, 5.41) is 0. The zero-order valence-electron chi connectivity index (χ0n) is 10.4. The molecule has 0 N–H and O–H groups in total. The van der Waals surface area contributed by atoms with E-state index in [0.717, 1.165) is 11.5 Å². The molecular weight excluding hydrogens is 224 g/mol. The van der Waals surface area contributed by atoms with Gasteiger partial charge in [-0.25, -0.2) is 0 Å². The lowest BCUT2D eigenvalue weighted by Gasteiger charge is -2.07. The van der Waals surface area contributed by atoms with Crippen LogP contribution in [-0.4, -0.2) is 0 Å². The van der Waals surface area contributed by atoms with Gasteiger partial charge in [0.25, 0.3) is 0 Å². The minimum atomic E-state index is 0.0254. The molecule has 2 atom stereocenters. The van der Waals surface area contributed by atoms with Gasteiger partial charge in [-0.1, -0.05) is 24.3 Å². The zero-order chi connectivity index (χ0) is 12.3. The van der Waals surface area contributed by atoms with E-state index in [4.69, 9.17) is 9.47 Å². The molecule has 0 spiro atoms. The topological polar surface area (TPSA) is 18.5 Å². The van der Waals surface area contributed by atoms with E-state index in [2.05, 4.69) is 50.2 Å². The van der Waals surface area contributed by atoms with E-state index < -0.39 is 0 Å². The maximum atomic E-state index is 6.05. The first-order chi connectivity index (χ1) is 8.72. The van der Waals surface area contributed by atoms with Gasteiger partial charge in [0.05, 0.1) is 0 Å². The highest BCUT2D eigenvalue weighted by molar-refractivity contribution is 5.51. The standard InChI is InChI=1S/C16H14O2/c1-9-3-5-11-13(7-9)17-16-12-6-4-10(2)8-14(12)18-15(11)16/h3-8,15-16H,1-2H3. The number of aryl methyl sites for hydroxylation is 2. The molecule has 0 amide bonds. The predicted octanol–water partition coefficient (Wildman–Crippen LogP) is 3.87. The fraction of sp³-hybridized carbons (Fsp3) is 0.250. The van der Waals surface area contributed by atoms with Gasteiger partial charge < -0.3 is 9.47 Å². The number of benzene rings is 2. The fourth-order valence-electron chi connectivity index (χ4n) is 2.81. The van der Waals surface area contributed by atoms with Crippen molar-refractivity contribution in [2.45, 2.75) is 26.1 Å². The third-order valence-corrected chi connectivity index (χ3v) is 3.73. The number of fused-ring (bicyclic) bond motifs is 5. The summed E-state index contributed by atoms with van der Waals surface area (Å²) in [5.41, 5.74) is 4.77. The number of rotatable bonds is 0. The van der Waals surface area contributed by atoms with Crippen LogP contribution in [0.15, 0.2) is 36.4 Å². The van der Waals surface area contributed by atoms with Crippen molar-refractivity contribution in [3.63, 3.8) is 0 Å². The second kappa shape index (κ2) is 3.29. The van der Waals surface area contributed by atoms with E-state index in [0.29, 0.717) is 0 Å². The maximum Gasteiger partial charge on any atom is 0.168 e. The third-order valence-electron chi connectivity index (χ3n) is 3.73. The summed E-state index contributed by atoms with van der Waals surface area (Å²) in [4.78, 5) is 0. The lowest BCUT2D eigenvalue weighted by atomic mass is 10.0. The summed E-state index contributed by atoms with van der Waals surface area (Å²) in [6, 6.07) is 12.6. The Kier molecular flexibility index (Phi) is 1.83. The second-order valence-corrected chi connectivity index (χ2v) is 5.16. The Morgan fingerprint density at radius 3 is 1.61 bits per heavy atom. The van der Waals surface area contributed by atoms with Crippen molar-refractivity contribution in [3.8, 4) is 11.5 Å². The number of hydrogen-bond acceptors (Lipinski definition) is 2. The van der Waals surface area contributed by atoms with Crippen molar-refractivity contribution in [3.05, 3.63) is 58.7 Å². The number of ether oxygens (including phenoxy) is 2. The summed E-state index contributed by atoms with van der Waals surface area (Å²) < 4.78 is 12.1. The van der Waals surface area contributed by atoms with Gasteiger partial charge >= 0.3 is 0 Å². The van der Waals surface area contributed by atoms with Crippen molar-refractivity contribution >= 4 is 0 Å². The summed E-state index contributed by atoms with van der Waals surface area (Å²) >= 11 is 0. The van der Waals surface area contributed by atoms with E-state index in [9.17, 15) is 0 Å². The highest BCUT2D eigenvalue weighted by atomic mass is 16.6. The average molecular weight is 238 g/mol. The Morgan fingerprint density at radius 2 is 1.17 bits per heavy atom. The molecular formula is C16H14O2. The molecule has 2 aromatic carbocycles. The van der Waals surface area contributed by atoms with Gasteiger partial charge in [-0.05, 0) is 37.1 Å². The smallest absolute Gasteiger partial charge is 0.168 e. The van der Waals surface area contributed by atoms with E-state index in [1.807, 2.05) is 0 Å². The van der Waals surface area contributed by atoms with Crippen LogP contribution in [0.25, 0.3) is 0 Å². The highest BCUT2D eigenvalue weighted by Crippen LogP contribution is 2.53. The molecule has 0 aliphatic carbocycles. The molecule has 0 saturated heterocycles. The van der Waals surface area contributed by atoms with Gasteiger partial charge in [-0.15, -0.1) is 0 Å². The first-order valence-electron chi connectivity index (χ1n) is 6.27. The van der Waals surface area contributed by atoms with Gasteiger partial charge in [0, 0.05) is 11.1 Å². The van der Waals surface area contributed by atoms with Crippen LogP contribution in [0, 0.1) is 13.8 Å². The zero-order valence-corrected chi connectivity index (χ0v) is 10.4. The lowest BCUT2D eigenvalue weighted by molar-refractivity contribution is 0.123. The predicted molar refractivity (Wildman–Crippen MR) is 69.1 cm³/mol. The maximum absolute atomic E-state index is 6.05. The van der Waals surface area contributed by atoms with Crippen molar-refractivity contribution in [1.82, 2.24) is 0 Å². The molecule has 0 fully saturated rings. The molecule has 2 heteroatoms. The SMILES string of the molecule is Cc1ccc2c(c1)OC1c3ccc(C)cc3OC21. The van der Waals surface area contributed by atoms with Crippen LogP contribution in [0.1, 0.15) is 34.5 Å². The minimum Gasteiger partial charge on any atom is -0.481 e. The summed E-state index contributed by atoms with van der Waals surface area (Å²) in [6.07, 6.45) is 0.0507. The van der Waals surface area contributed by atoms with E-state index in [-0.39, 0.29) is 12.2 Å². The molecule has 2 aliphatic heterocycles. The Bertz CT molecular complexity index is 588. The molecule has 4 rings (SSSR count). The van der Waals surface area contributed by atoms with Crippen LogP contribution >= 0.6 is 0 Å². The van der Waals surface area contributed by atoms with Crippen LogP contribution in [0.3, 0.4) is 0 Å². The van der Waals surface area contributed by atoms with Gasteiger partial charge in [0.2, 0.25) is 0 Å². The van der Waals surface area contributed by atoms with E-state index in [1.165, 1.54) is 22.3 Å². The molecule has 90 valence electrons. The van der Waals surface area contributed by atoms with Crippen LogP contribution < -0.4 is 9.47 Å².